The summed E-state index contributed by atoms with van der Waals surface area (Å²) in [5.74, 6) is -0.478. The summed E-state index contributed by atoms with van der Waals surface area (Å²) in [5.41, 5.74) is 3.00. The lowest BCUT2D eigenvalue weighted by molar-refractivity contribution is -0.148. The summed E-state index contributed by atoms with van der Waals surface area (Å²) in [7, 11) is -3.54. The van der Waals surface area contributed by atoms with Gasteiger partial charge in [0.25, 0.3) is 0 Å². The van der Waals surface area contributed by atoms with Crippen LogP contribution in [0, 0.1) is 5.92 Å². The molecule has 0 N–H and O–H groups in total. The van der Waals surface area contributed by atoms with E-state index in [4.69, 9.17) is 11.6 Å². The molecule has 5 nitrogen and oxygen atoms in total. The number of rotatable bonds is 4. The van der Waals surface area contributed by atoms with Gasteiger partial charge in [0.2, 0.25) is 5.82 Å². The zero-order valence-electron chi connectivity index (χ0n) is 18.6. The monoisotopic (exact) mass is 511 g/mol. The van der Waals surface area contributed by atoms with Gasteiger partial charge in [0.1, 0.15) is 0 Å². The van der Waals surface area contributed by atoms with Gasteiger partial charge in [-0.2, -0.15) is 13.2 Å². The van der Waals surface area contributed by atoms with Crippen molar-refractivity contribution < 1.29 is 21.6 Å². The fourth-order valence-corrected chi connectivity index (χ4v) is 6.25. The second-order valence-electron chi connectivity index (χ2n) is 9.44. The van der Waals surface area contributed by atoms with Crippen LogP contribution in [0.1, 0.15) is 35.8 Å². The van der Waals surface area contributed by atoms with E-state index in [2.05, 4.69) is 16.0 Å². The molecule has 5 rings (SSSR count). The zero-order valence-corrected chi connectivity index (χ0v) is 20.2. The molecule has 0 radical (unpaired) electrons. The van der Waals surface area contributed by atoms with Crippen molar-refractivity contribution in [3.63, 3.8) is 0 Å². The van der Waals surface area contributed by atoms with Gasteiger partial charge in [0.15, 0.2) is 9.84 Å². The van der Waals surface area contributed by atoms with Crippen molar-refractivity contribution in [2.45, 2.75) is 42.8 Å². The van der Waals surface area contributed by atoms with Crippen LogP contribution in [-0.2, 0) is 28.9 Å². The molecule has 34 heavy (non-hydrogen) atoms. The Labute approximate surface area is 201 Å². The van der Waals surface area contributed by atoms with E-state index in [0.717, 1.165) is 30.7 Å². The molecule has 10 heteroatoms. The van der Waals surface area contributed by atoms with Gasteiger partial charge in [-0.3, -0.25) is 0 Å². The molecule has 0 bridgehead atoms. The standard InChI is InChI=1S/C24H25ClF3N3O2S/c1-34(32,33)20-4-5-22-21(13-20)29-23(24(26,27)28)31(22)19-6-8-30(9-7-19)14-15-10-16-2-3-18(25)12-17(16)11-15/h2-5,12-13,15,19H,6-11,14H2,1H3/t15-/m1/s1. The van der Waals surface area contributed by atoms with Crippen LogP contribution in [0.2, 0.25) is 5.02 Å². The van der Waals surface area contributed by atoms with Crippen LogP contribution in [-0.4, -0.2) is 48.8 Å². The third kappa shape index (κ3) is 4.57. The quantitative estimate of drug-likeness (QED) is 0.485. The average Bonchev–Trinajstić information content (AvgIpc) is 3.33. The van der Waals surface area contributed by atoms with Crippen molar-refractivity contribution >= 4 is 32.5 Å². The van der Waals surface area contributed by atoms with Gasteiger partial charge in [-0.15, -0.1) is 0 Å². The predicted octanol–water partition coefficient (Wildman–Crippen LogP) is 5.16. The van der Waals surface area contributed by atoms with Crippen LogP contribution < -0.4 is 0 Å². The maximum atomic E-state index is 13.9. The molecule has 2 heterocycles. The first-order valence-corrected chi connectivity index (χ1v) is 13.5. The molecule has 2 aliphatic rings. The van der Waals surface area contributed by atoms with E-state index < -0.39 is 21.8 Å². The first kappa shape index (κ1) is 23.6. The van der Waals surface area contributed by atoms with E-state index in [1.165, 1.54) is 33.9 Å². The van der Waals surface area contributed by atoms with E-state index in [9.17, 15) is 21.6 Å². The SMILES string of the molecule is CS(=O)(=O)c1ccc2c(c1)nc(C(F)(F)F)n2C1CCN(C[C@@H]2Cc3ccc(Cl)cc3C2)CC1. The molecular weight excluding hydrogens is 487 g/mol. The van der Waals surface area contributed by atoms with Gasteiger partial charge in [-0.25, -0.2) is 13.4 Å². The highest BCUT2D eigenvalue weighted by molar-refractivity contribution is 7.90. The first-order chi connectivity index (χ1) is 16.0. The lowest BCUT2D eigenvalue weighted by Gasteiger charge is -2.35. The predicted molar refractivity (Wildman–Crippen MR) is 125 cm³/mol. The van der Waals surface area contributed by atoms with Crippen LogP contribution in [0.25, 0.3) is 11.0 Å². The summed E-state index contributed by atoms with van der Waals surface area (Å²) in [6, 6.07) is 9.72. The van der Waals surface area contributed by atoms with Crippen molar-refractivity contribution in [3.05, 3.63) is 58.4 Å². The highest BCUT2D eigenvalue weighted by Crippen LogP contribution is 2.38. The number of aromatic nitrogens is 2. The molecule has 0 amide bonds. The normalized spacial score (nSPS) is 20.2. The van der Waals surface area contributed by atoms with Crippen LogP contribution in [0.3, 0.4) is 0 Å². The largest absolute Gasteiger partial charge is 0.449 e. The Bertz CT molecular complexity index is 1350. The van der Waals surface area contributed by atoms with Crippen molar-refractivity contribution in [2.75, 3.05) is 25.9 Å². The molecule has 0 unspecified atom stereocenters. The Balaban J connectivity index is 1.33. The molecule has 2 aromatic carbocycles. The Morgan fingerprint density at radius 2 is 1.76 bits per heavy atom. The van der Waals surface area contributed by atoms with Crippen LogP contribution in [0.5, 0.6) is 0 Å². The van der Waals surface area contributed by atoms with Crippen molar-refractivity contribution in [1.29, 1.82) is 0 Å². The summed E-state index contributed by atoms with van der Waals surface area (Å²) >= 11 is 6.12. The van der Waals surface area contributed by atoms with E-state index in [-0.39, 0.29) is 16.5 Å². The van der Waals surface area contributed by atoms with E-state index in [1.54, 1.807) is 0 Å². The smallest absolute Gasteiger partial charge is 0.317 e. The Morgan fingerprint density at radius 3 is 2.44 bits per heavy atom. The van der Waals surface area contributed by atoms with Gasteiger partial charge >= 0.3 is 6.18 Å². The summed E-state index contributed by atoms with van der Waals surface area (Å²) in [5, 5.41) is 0.747. The number of fused-ring (bicyclic) bond motifs is 2. The number of likely N-dealkylation sites (tertiary alicyclic amines) is 1. The van der Waals surface area contributed by atoms with Gasteiger partial charge in [0.05, 0.1) is 15.9 Å². The number of sulfone groups is 1. The maximum absolute atomic E-state index is 13.9. The molecule has 1 aromatic heterocycles. The lowest BCUT2D eigenvalue weighted by atomic mass is 10.0. The zero-order chi connectivity index (χ0) is 24.3. The van der Waals surface area contributed by atoms with E-state index in [0.29, 0.717) is 37.4 Å². The van der Waals surface area contributed by atoms with Gasteiger partial charge in [-0.1, -0.05) is 17.7 Å². The molecule has 182 valence electrons. The topological polar surface area (TPSA) is 55.2 Å². The minimum absolute atomic E-state index is 0.0351. The Hall–Kier alpha value is -2.10. The molecule has 0 spiro atoms. The van der Waals surface area contributed by atoms with Crippen LogP contribution in [0.4, 0.5) is 13.2 Å². The van der Waals surface area contributed by atoms with E-state index in [1.807, 2.05) is 12.1 Å². The second kappa shape index (κ2) is 8.53. The minimum Gasteiger partial charge on any atom is -0.317 e. The number of alkyl halides is 3. The molecule has 0 saturated carbocycles. The van der Waals surface area contributed by atoms with Crippen molar-refractivity contribution in [2.24, 2.45) is 5.92 Å². The lowest BCUT2D eigenvalue weighted by Crippen LogP contribution is -2.38. The molecule has 1 aliphatic heterocycles. The molecule has 3 aromatic rings. The fourth-order valence-electron chi connectivity index (χ4n) is 5.41. The molecule has 1 fully saturated rings. The highest BCUT2D eigenvalue weighted by Gasteiger charge is 2.40. The number of hydrogen-bond donors (Lipinski definition) is 0. The number of nitrogens with zero attached hydrogens (tertiary/aromatic N) is 3. The van der Waals surface area contributed by atoms with Gasteiger partial charge < -0.3 is 9.47 Å². The number of imidazole rings is 1. The number of benzene rings is 2. The number of hydrogen-bond acceptors (Lipinski definition) is 4. The van der Waals surface area contributed by atoms with Gasteiger partial charge in [-0.05, 0) is 73.1 Å². The molecule has 1 aliphatic carbocycles. The average molecular weight is 512 g/mol. The van der Waals surface area contributed by atoms with Crippen molar-refractivity contribution in [3.8, 4) is 0 Å². The Morgan fingerprint density at radius 1 is 1.06 bits per heavy atom. The summed E-state index contributed by atoms with van der Waals surface area (Å²) in [6.07, 6.45) is -0.467. The molecule has 1 atom stereocenters. The fraction of sp³-hybridized carbons (Fsp3) is 0.458. The first-order valence-electron chi connectivity index (χ1n) is 11.3. The minimum atomic E-state index is -4.63. The third-order valence-corrected chi connectivity index (χ3v) is 8.31. The van der Waals surface area contributed by atoms with Gasteiger partial charge in [0, 0.05) is 37.0 Å². The summed E-state index contributed by atoms with van der Waals surface area (Å²) in [6.45, 7) is 2.32. The number of halogens is 4. The van der Waals surface area contributed by atoms with E-state index >= 15 is 0 Å². The van der Waals surface area contributed by atoms with Crippen LogP contribution >= 0.6 is 11.6 Å². The summed E-state index contributed by atoms with van der Waals surface area (Å²) in [4.78, 5) is 6.12. The molecular formula is C24H25ClF3N3O2S. The van der Waals surface area contributed by atoms with Crippen molar-refractivity contribution in [1.82, 2.24) is 14.5 Å². The third-order valence-electron chi connectivity index (χ3n) is 6.97. The Kier molecular flexibility index (Phi) is 5.93. The second-order valence-corrected chi connectivity index (χ2v) is 11.9. The summed E-state index contributed by atoms with van der Waals surface area (Å²) < 4.78 is 66.6. The molecule has 1 saturated heterocycles. The number of piperidine rings is 1. The maximum Gasteiger partial charge on any atom is 0.449 e. The van der Waals surface area contributed by atoms with Crippen LogP contribution in [0.15, 0.2) is 41.3 Å². The highest BCUT2D eigenvalue weighted by atomic mass is 35.5.